The van der Waals surface area contributed by atoms with Crippen molar-refractivity contribution in [3.63, 3.8) is 0 Å². The molecule has 0 saturated carbocycles. The molecule has 0 saturated heterocycles. The molecule has 24 heavy (non-hydrogen) atoms. The summed E-state index contributed by atoms with van der Waals surface area (Å²) < 4.78 is 0. The Morgan fingerprint density at radius 3 is 2.33 bits per heavy atom. The van der Waals surface area contributed by atoms with E-state index in [0.29, 0.717) is 25.8 Å². The van der Waals surface area contributed by atoms with Gasteiger partial charge in [0, 0.05) is 5.56 Å². The predicted octanol–water partition coefficient (Wildman–Crippen LogP) is 0.640. The fraction of sp³-hybridized carbons (Fsp3) is 0.235. The van der Waals surface area contributed by atoms with Gasteiger partial charge < -0.3 is 0 Å². The summed E-state index contributed by atoms with van der Waals surface area (Å²) in [7, 11) is 0. The van der Waals surface area contributed by atoms with Crippen LogP contribution in [0.4, 0.5) is 0 Å². The van der Waals surface area contributed by atoms with E-state index in [1.54, 1.807) is 0 Å². The molecular formula is C17H20N5O2+. The molecule has 1 heterocycles. The van der Waals surface area contributed by atoms with E-state index in [1.807, 2.05) is 53.4 Å². The highest BCUT2D eigenvalue weighted by molar-refractivity contribution is 5.78. The highest BCUT2D eigenvalue weighted by atomic mass is 16.7. The molecule has 0 fully saturated rings. The van der Waals surface area contributed by atoms with Crippen molar-refractivity contribution < 1.29 is 9.93 Å². The number of hydrazine groups is 1. The van der Waals surface area contributed by atoms with Crippen LogP contribution in [0.1, 0.15) is 11.1 Å². The average molecular weight is 326 g/mol. The molecule has 7 heteroatoms. The quantitative estimate of drug-likeness (QED) is 0.625. The maximum absolute atomic E-state index is 10.8. The smallest absolute Gasteiger partial charge is 0.266 e. The van der Waals surface area contributed by atoms with Gasteiger partial charge in [-0.05, 0) is 5.56 Å². The van der Waals surface area contributed by atoms with Crippen LogP contribution in [0.3, 0.4) is 0 Å². The number of hydrogen-bond acceptors (Lipinski definition) is 4. The van der Waals surface area contributed by atoms with Crippen LogP contribution in [0.15, 0.2) is 65.7 Å². The third-order valence-electron chi connectivity index (χ3n) is 3.87. The van der Waals surface area contributed by atoms with Crippen LogP contribution in [0.5, 0.6) is 0 Å². The van der Waals surface area contributed by atoms with Gasteiger partial charge in [-0.15, -0.1) is 0 Å². The van der Waals surface area contributed by atoms with Crippen LogP contribution >= 0.6 is 0 Å². The second-order valence-corrected chi connectivity index (χ2v) is 5.76. The molecule has 2 aromatic carbocycles. The molecule has 1 atom stereocenters. The van der Waals surface area contributed by atoms with Crippen LogP contribution < -0.4 is 10.3 Å². The monoisotopic (exact) mass is 326 g/mol. The van der Waals surface area contributed by atoms with Gasteiger partial charge in [0.2, 0.25) is 0 Å². The molecule has 1 aliphatic rings. The average Bonchev–Trinajstić information content (AvgIpc) is 2.59. The zero-order valence-corrected chi connectivity index (χ0v) is 13.3. The lowest BCUT2D eigenvalue weighted by atomic mass is 10.2. The first-order valence-electron chi connectivity index (χ1n) is 7.82. The molecule has 2 aromatic rings. The van der Waals surface area contributed by atoms with Crippen LogP contribution in [-0.2, 0) is 13.1 Å². The van der Waals surface area contributed by atoms with E-state index in [1.165, 1.54) is 10.5 Å². The van der Waals surface area contributed by atoms with E-state index in [-0.39, 0.29) is 0 Å². The predicted molar refractivity (Wildman–Crippen MR) is 90.4 cm³/mol. The minimum absolute atomic E-state index is 0.320. The van der Waals surface area contributed by atoms with Crippen LogP contribution in [0.2, 0.25) is 0 Å². The van der Waals surface area contributed by atoms with E-state index < -0.39 is 5.03 Å². The second-order valence-electron chi connectivity index (χ2n) is 5.76. The van der Waals surface area contributed by atoms with Gasteiger partial charge in [0.1, 0.15) is 6.54 Å². The van der Waals surface area contributed by atoms with Crippen LogP contribution in [-0.4, -0.2) is 29.2 Å². The first-order chi connectivity index (χ1) is 11.7. The Morgan fingerprint density at radius 1 is 1.08 bits per heavy atom. The van der Waals surface area contributed by atoms with Crippen molar-refractivity contribution in [2.45, 2.75) is 13.1 Å². The number of nitrogens with zero attached hydrogens (tertiary/aromatic N) is 3. The number of benzene rings is 2. The van der Waals surface area contributed by atoms with Gasteiger partial charge >= 0.3 is 0 Å². The van der Waals surface area contributed by atoms with E-state index in [9.17, 15) is 10.1 Å². The van der Waals surface area contributed by atoms with Crippen molar-refractivity contribution in [3.8, 4) is 0 Å². The van der Waals surface area contributed by atoms with Gasteiger partial charge in [0.15, 0.2) is 18.4 Å². The standard InChI is InChI=1S/C17H19N5O2/c23-22(24)19-17-18-13-20(11-15-7-3-1-4-8-15)14-21(17)12-16-9-5-2-6-10-16/h1-10H,11-14H2,(H,18,19)/p+1. The van der Waals surface area contributed by atoms with Gasteiger partial charge in [-0.1, -0.05) is 66.1 Å². The summed E-state index contributed by atoms with van der Waals surface area (Å²) in [6.45, 7) is 2.58. The van der Waals surface area contributed by atoms with E-state index in [4.69, 9.17) is 0 Å². The summed E-state index contributed by atoms with van der Waals surface area (Å²) >= 11 is 0. The zero-order valence-electron chi connectivity index (χ0n) is 13.3. The number of guanidine groups is 1. The minimum Gasteiger partial charge on any atom is -0.295 e. The number of nitrogens with one attached hydrogen (secondary N) is 2. The summed E-state index contributed by atoms with van der Waals surface area (Å²) in [6.07, 6.45) is 0. The Morgan fingerprint density at radius 2 is 1.71 bits per heavy atom. The topological polar surface area (TPSA) is 75.2 Å². The van der Waals surface area contributed by atoms with E-state index in [0.717, 1.165) is 12.1 Å². The van der Waals surface area contributed by atoms with Crippen molar-refractivity contribution in [2.75, 3.05) is 13.3 Å². The first kappa shape index (κ1) is 15.9. The van der Waals surface area contributed by atoms with Crippen molar-refractivity contribution in [2.24, 2.45) is 4.99 Å². The van der Waals surface area contributed by atoms with Crippen molar-refractivity contribution >= 4 is 5.96 Å². The van der Waals surface area contributed by atoms with Crippen LogP contribution in [0, 0.1) is 10.1 Å². The van der Waals surface area contributed by atoms with Crippen LogP contribution in [0.25, 0.3) is 0 Å². The lowest BCUT2D eigenvalue weighted by Gasteiger charge is -2.31. The van der Waals surface area contributed by atoms with E-state index in [2.05, 4.69) is 22.6 Å². The Balaban J connectivity index is 1.73. The molecule has 0 amide bonds. The molecule has 7 nitrogen and oxygen atoms in total. The summed E-state index contributed by atoms with van der Waals surface area (Å²) in [4.78, 5) is 18.4. The van der Waals surface area contributed by atoms with Crippen molar-refractivity contribution in [3.05, 3.63) is 81.9 Å². The Hall–Kier alpha value is -2.93. The lowest BCUT2D eigenvalue weighted by molar-refractivity contribution is -0.924. The molecule has 0 aliphatic carbocycles. The summed E-state index contributed by atoms with van der Waals surface area (Å²) in [5.74, 6) is 0.320. The first-order valence-corrected chi connectivity index (χ1v) is 7.82. The molecule has 2 N–H and O–H groups in total. The minimum atomic E-state index is -0.557. The van der Waals surface area contributed by atoms with E-state index >= 15 is 0 Å². The lowest BCUT2D eigenvalue weighted by Crippen LogP contribution is -3.13. The normalized spacial score (nSPS) is 17.2. The molecule has 124 valence electrons. The molecule has 1 aliphatic heterocycles. The highest BCUT2D eigenvalue weighted by Gasteiger charge is 2.26. The van der Waals surface area contributed by atoms with Crippen molar-refractivity contribution in [1.29, 1.82) is 0 Å². The Labute approximate surface area is 140 Å². The molecule has 0 aromatic heterocycles. The summed E-state index contributed by atoms with van der Waals surface area (Å²) in [6, 6.07) is 20.1. The van der Waals surface area contributed by atoms with Gasteiger partial charge in [-0.25, -0.2) is 10.1 Å². The molecule has 0 spiro atoms. The number of rotatable bonds is 5. The Bertz CT molecular complexity index is 705. The summed E-state index contributed by atoms with van der Waals surface area (Å²) in [5.41, 5.74) is 4.54. The molecule has 3 rings (SSSR count). The number of nitro groups is 1. The van der Waals surface area contributed by atoms with Gasteiger partial charge in [-0.2, -0.15) is 4.99 Å². The van der Waals surface area contributed by atoms with Gasteiger partial charge in [0.05, 0.1) is 6.54 Å². The van der Waals surface area contributed by atoms with Gasteiger partial charge in [0.25, 0.3) is 5.96 Å². The molecule has 1 unspecified atom stereocenters. The SMILES string of the molecule is O=[N+]([O-])NC1=NC[NH+](Cc2ccccc2)CN1Cc1ccccc1. The summed E-state index contributed by atoms with van der Waals surface area (Å²) in [5, 5.41) is 10.3. The number of hydrogen-bond donors (Lipinski definition) is 2. The molecular weight excluding hydrogens is 306 g/mol. The molecule has 0 bridgehead atoms. The maximum atomic E-state index is 10.8. The number of aliphatic imine (C=N–C) groups is 1. The third kappa shape index (κ3) is 4.30. The third-order valence-corrected chi connectivity index (χ3v) is 3.87. The fourth-order valence-electron chi connectivity index (χ4n) is 2.80. The molecule has 0 radical (unpaired) electrons. The maximum Gasteiger partial charge on any atom is 0.266 e. The fourth-order valence-corrected chi connectivity index (χ4v) is 2.80. The van der Waals surface area contributed by atoms with Gasteiger partial charge in [-0.3, -0.25) is 9.80 Å². The largest absolute Gasteiger partial charge is 0.295 e. The van der Waals surface area contributed by atoms with Crippen molar-refractivity contribution in [1.82, 2.24) is 10.3 Å². The Kier molecular flexibility index (Phi) is 5.02. The number of quaternary nitrogens is 1. The highest BCUT2D eigenvalue weighted by Crippen LogP contribution is 2.05. The zero-order chi connectivity index (χ0) is 16.8. The second kappa shape index (κ2) is 7.56.